The number of hydrogen-bond donors (Lipinski definition) is 0. The molecule has 0 aromatic heterocycles. The Bertz CT molecular complexity index is 818. The van der Waals surface area contributed by atoms with Gasteiger partial charge >= 0.3 is 0 Å². The van der Waals surface area contributed by atoms with Crippen molar-refractivity contribution >= 4 is 8.80 Å². The summed E-state index contributed by atoms with van der Waals surface area (Å²) in [6.07, 6.45) is 15.7. The lowest BCUT2D eigenvalue weighted by Crippen LogP contribution is -2.20. The molecule has 1 saturated carbocycles. The first-order valence-electron chi connectivity index (χ1n) is 14.8. The largest absolute Gasteiger partial charge is 0.0654 e. The van der Waals surface area contributed by atoms with Gasteiger partial charge in [-0.2, -0.15) is 0 Å². The maximum absolute atomic E-state index is 2.43. The molecule has 0 atom stereocenters. The predicted octanol–water partition coefficient (Wildman–Crippen LogP) is 10.4. The average Bonchev–Trinajstić information content (AvgIpc) is 2.89. The number of hydrogen-bond acceptors (Lipinski definition) is 0. The highest BCUT2D eigenvalue weighted by molar-refractivity contribution is 6.59. The quantitative estimate of drug-likeness (QED) is 0.237. The van der Waals surface area contributed by atoms with Crippen LogP contribution < -0.4 is 0 Å². The van der Waals surface area contributed by atoms with E-state index in [9.17, 15) is 0 Å². The molecule has 1 saturated heterocycles. The van der Waals surface area contributed by atoms with Crippen molar-refractivity contribution in [1.82, 2.24) is 0 Å². The van der Waals surface area contributed by atoms with Crippen LogP contribution >= 0.6 is 0 Å². The van der Waals surface area contributed by atoms with Gasteiger partial charge in [0.15, 0.2) is 0 Å². The molecule has 0 radical (unpaired) electrons. The van der Waals surface area contributed by atoms with Crippen LogP contribution in [0.2, 0.25) is 18.1 Å². The van der Waals surface area contributed by atoms with Gasteiger partial charge in [-0.25, -0.2) is 0 Å². The van der Waals surface area contributed by atoms with Gasteiger partial charge in [-0.05, 0) is 84.5 Å². The zero-order valence-electron chi connectivity index (χ0n) is 22.4. The van der Waals surface area contributed by atoms with Gasteiger partial charge in [0.2, 0.25) is 0 Å². The smallest absolute Gasteiger partial charge is 0.0368 e. The third kappa shape index (κ3) is 7.33. The molecule has 1 aliphatic carbocycles. The first-order chi connectivity index (χ1) is 16.6. The molecule has 0 N–H and O–H groups in total. The van der Waals surface area contributed by atoms with Gasteiger partial charge in [-0.3, -0.25) is 0 Å². The number of rotatable bonds is 10. The number of benzene rings is 2. The van der Waals surface area contributed by atoms with Gasteiger partial charge in [0.05, 0.1) is 0 Å². The van der Waals surface area contributed by atoms with Crippen molar-refractivity contribution in [3.05, 3.63) is 59.7 Å². The molecule has 2 aliphatic rings. The van der Waals surface area contributed by atoms with Crippen molar-refractivity contribution in [3.8, 4) is 11.1 Å². The van der Waals surface area contributed by atoms with Crippen LogP contribution in [0.15, 0.2) is 48.5 Å². The van der Waals surface area contributed by atoms with E-state index in [0.29, 0.717) is 0 Å². The normalized spacial score (nSPS) is 25.5. The second-order valence-corrected chi connectivity index (χ2v) is 15.6. The lowest BCUT2D eigenvalue weighted by Gasteiger charge is -2.29. The van der Waals surface area contributed by atoms with Crippen LogP contribution in [0, 0.1) is 11.8 Å². The third-order valence-corrected chi connectivity index (χ3v) is 12.6. The molecule has 0 spiro atoms. The Morgan fingerprint density at radius 1 is 0.706 bits per heavy atom. The molecule has 0 unspecified atom stereocenters. The molecule has 0 nitrogen and oxygen atoms in total. The van der Waals surface area contributed by atoms with Crippen LogP contribution in [0.25, 0.3) is 11.1 Å². The van der Waals surface area contributed by atoms with Crippen molar-refractivity contribution in [2.45, 2.75) is 121 Å². The van der Waals surface area contributed by atoms with E-state index in [1.807, 2.05) is 0 Å². The van der Waals surface area contributed by atoms with Gasteiger partial charge in [0, 0.05) is 8.80 Å². The predicted molar refractivity (Wildman–Crippen MR) is 154 cm³/mol. The monoisotopic (exact) mass is 474 g/mol. The molecule has 186 valence electrons. The Morgan fingerprint density at radius 2 is 1.24 bits per heavy atom. The molecule has 0 amide bonds. The van der Waals surface area contributed by atoms with Crippen LogP contribution in [0.3, 0.4) is 0 Å². The minimum Gasteiger partial charge on any atom is -0.0654 e. The first-order valence-corrected chi connectivity index (χ1v) is 17.3. The summed E-state index contributed by atoms with van der Waals surface area (Å²) in [5.41, 5.74) is 5.93. The fraction of sp³-hybridized carbons (Fsp3) is 0.636. The van der Waals surface area contributed by atoms with E-state index in [1.54, 1.807) is 29.3 Å². The summed E-state index contributed by atoms with van der Waals surface area (Å²) in [7, 11) is -0.431. The van der Waals surface area contributed by atoms with Gasteiger partial charge in [0.25, 0.3) is 0 Å². The Hall–Kier alpha value is -1.34. The fourth-order valence-electron chi connectivity index (χ4n) is 6.72. The van der Waals surface area contributed by atoms with Gasteiger partial charge in [0.1, 0.15) is 0 Å². The summed E-state index contributed by atoms with van der Waals surface area (Å²) >= 11 is 0. The molecule has 0 bridgehead atoms. The highest BCUT2D eigenvalue weighted by atomic mass is 28.3. The second kappa shape index (κ2) is 13.1. The van der Waals surface area contributed by atoms with E-state index < -0.39 is 8.80 Å². The summed E-state index contributed by atoms with van der Waals surface area (Å²) in [5.74, 6) is 3.49. The fourth-order valence-corrected chi connectivity index (χ4v) is 10.5. The lowest BCUT2D eigenvalue weighted by atomic mass is 9.77. The second-order valence-electron chi connectivity index (χ2n) is 12.1. The van der Waals surface area contributed by atoms with E-state index in [-0.39, 0.29) is 0 Å². The maximum atomic E-state index is 2.43. The summed E-state index contributed by atoms with van der Waals surface area (Å²) in [6.45, 7) is 7.08. The van der Waals surface area contributed by atoms with E-state index in [4.69, 9.17) is 0 Å². The van der Waals surface area contributed by atoms with Crippen molar-refractivity contribution < 1.29 is 0 Å². The molecule has 2 aromatic carbocycles. The maximum Gasteiger partial charge on any atom is 0.0368 e. The molecule has 2 fully saturated rings. The molecule has 34 heavy (non-hydrogen) atoms. The standard InChI is InChI=1S/C33H50Si/c1-4-5-6-7-27-8-10-28(11-9-27)29-12-14-30(15-13-29)31-16-18-32(19-17-31)33-21-24-34(25-22-33)23-20-26(2)3/h12-19,26-28,33-34H,4-11,20-25H2,1-3H3. The van der Waals surface area contributed by atoms with E-state index in [0.717, 1.165) is 23.7 Å². The molecule has 2 aromatic rings. The number of unbranched alkanes of at least 4 members (excludes halogenated alkanes) is 2. The van der Waals surface area contributed by atoms with Gasteiger partial charge < -0.3 is 0 Å². The van der Waals surface area contributed by atoms with Crippen LogP contribution in [0.5, 0.6) is 0 Å². The summed E-state index contributed by atoms with van der Waals surface area (Å²) in [6, 6.07) is 24.0. The topological polar surface area (TPSA) is 0 Å². The molecule has 1 heteroatoms. The SMILES string of the molecule is CCCCCC1CCC(c2ccc(-c3ccc(C4CC[SiH](CCC(C)C)CC4)cc3)cc2)CC1. The highest BCUT2D eigenvalue weighted by Crippen LogP contribution is 2.39. The lowest BCUT2D eigenvalue weighted by molar-refractivity contribution is 0.303. The van der Waals surface area contributed by atoms with E-state index in [2.05, 4.69) is 69.3 Å². The minimum absolute atomic E-state index is 0.431. The highest BCUT2D eigenvalue weighted by Gasteiger charge is 2.24. The van der Waals surface area contributed by atoms with Crippen molar-refractivity contribution in [1.29, 1.82) is 0 Å². The zero-order chi connectivity index (χ0) is 23.8. The average molecular weight is 475 g/mol. The van der Waals surface area contributed by atoms with Crippen LogP contribution in [-0.2, 0) is 0 Å². The zero-order valence-corrected chi connectivity index (χ0v) is 23.6. The Morgan fingerprint density at radius 3 is 1.74 bits per heavy atom. The molecule has 4 rings (SSSR count). The van der Waals surface area contributed by atoms with Crippen LogP contribution in [0.4, 0.5) is 0 Å². The third-order valence-electron chi connectivity index (χ3n) is 9.16. The summed E-state index contributed by atoms with van der Waals surface area (Å²) in [4.78, 5) is 0. The van der Waals surface area contributed by atoms with E-state index in [1.165, 1.54) is 81.8 Å². The van der Waals surface area contributed by atoms with Crippen molar-refractivity contribution in [2.75, 3.05) is 0 Å². The molecular formula is C33H50Si. The van der Waals surface area contributed by atoms with Crippen molar-refractivity contribution in [3.63, 3.8) is 0 Å². The molecule has 1 heterocycles. The minimum atomic E-state index is -0.431. The van der Waals surface area contributed by atoms with Gasteiger partial charge in [-0.1, -0.05) is 120 Å². The molecular weight excluding hydrogens is 424 g/mol. The summed E-state index contributed by atoms with van der Waals surface area (Å²) in [5, 5.41) is 0. The Kier molecular flexibility index (Phi) is 9.92. The summed E-state index contributed by atoms with van der Waals surface area (Å²) < 4.78 is 0. The molecule has 1 aliphatic heterocycles. The Balaban J connectivity index is 1.26. The van der Waals surface area contributed by atoms with E-state index >= 15 is 0 Å². The van der Waals surface area contributed by atoms with Crippen LogP contribution in [0.1, 0.15) is 114 Å². The van der Waals surface area contributed by atoms with Crippen LogP contribution in [-0.4, -0.2) is 8.80 Å². The van der Waals surface area contributed by atoms with Crippen molar-refractivity contribution in [2.24, 2.45) is 11.8 Å². The van der Waals surface area contributed by atoms with Gasteiger partial charge in [-0.15, -0.1) is 0 Å². The first kappa shape index (κ1) is 25.7. The Labute approximate surface area is 212 Å².